The SMILES string of the molecule is CN(C)CC(=O)Nc1c(OS(=O)(=O)C(F)(F)F)cc2c(c1O)C(=O)C1C(=O)[C@]3(O)C(=O)C(C(N)=O)C(=O)[C@@H](N(C)C)C3CC1C2. The number of benzene rings is 1. The molecule has 0 saturated heterocycles. The maximum Gasteiger partial charge on any atom is 0.534 e. The largest absolute Gasteiger partial charge is 0.534 e. The van der Waals surface area contributed by atoms with Crippen LogP contribution in [-0.4, -0.2) is 115 Å². The number of nitrogens with one attached hydrogen (secondary N) is 1. The second-order valence-electron chi connectivity index (χ2n) is 11.7. The molecule has 3 aliphatic carbocycles. The van der Waals surface area contributed by atoms with Gasteiger partial charge in [0, 0.05) is 5.92 Å². The van der Waals surface area contributed by atoms with E-state index in [0.29, 0.717) is 6.07 Å². The van der Waals surface area contributed by atoms with Gasteiger partial charge in [-0.3, -0.25) is 33.7 Å². The number of fused-ring (bicyclic) bond motifs is 3. The third-order valence-corrected chi connectivity index (χ3v) is 9.19. The standard InChI is InChI=1S/C26H29F3N4O11S/c1-32(2)8-13(34)31-17-12(44-45(42,43)26(27,28)29)7-10-5-9-6-11-18(33(3)4)21(37)16(24(30)40)23(39)25(11,41)22(38)15(9)19(35)14(10)20(17)36/h7,9,11,15-16,18,36,41H,5-6,8H2,1-4H3,(H2,30,40)(H,31,34)/t9?,11?,15?,16?,18-,25-/m0/s1. The molecule has 246 valence electrons. The van der Waals surface area contributed by atoms with E-state index < -0.39 is 122 Å². The highest BCUT2D eigenvalue weighted by Crippen LogP contribution is 2.52. The van der Waals surface area contributed by atoms with Gasteiger partial charge in [-0.25, -0.2) is 0 Å². The lowest BCUT2D eigenvalue weighted by Crippen LogP contribution is -2.74. The number of ketones is 4. The van der Waals surface area contributed by atoms with Crippen LogP contribution in [-0.2, 0) is 40.5 Å². The Kier molecular flexibility index (Phi) is 8.41. The summed E-state index contributed by atoms with van der Waals surface area (Å²) in [5.41, 5.74) is -5.70. The molecule has 2 saturated carbocycles. The molecule has 0 heterocycles. The van der Waals surface area contributed by atoms with Gasteiger partial charge in [-0.15, -0.1) is 0 Å². The zero-order valence-electron chi connectivity index (χ0n) is 24.2. The predicted octanol–water partition coefficient (Wildman–Crippen LogP) is -1.40. The second-order valence-corrected chi connectivity index (χ2v) is 13.2. The molecule has 0 aliphatic heterocycles. The van der Waals surface area contributed by atoms with Crippen molar-refractivity contribution in [2.75, 3.05) is 40.1 Å². The third-order valence-electron chi connectivity index (χ3n) is 8.22. The number of hydrogen-bond donors (Lipinski definition) is 4. The van der Waals surface area contributed by atoms with Crippen LogP contribution in [0.5, 0.6) is 11.5 Å². The number of carbonyl (C=O) groups excluding carboxylic acids is 6. The summed E-state index contributed by atoms with van der Waals surface area (Å²) in [5.74, 6) is -16.5. The van der Waals surface area contributed by atoms with Crippen LogP contribution in [0.2, 0.25) is 0 Å². The van der Waals surface area contributed by atoms with E-state index in [0.717, 1.165) is 0 Å². The molecule has 2 amide bonds. The molecular weight excluding hydrogens is 633 g/mol. The number of rotatable bonds is 7. The van der Waals surface area contributed by atoms with E-state index in [2.05, 4.69) is 4.18 Å². The molecule has 5 N–H and O–H groups in total. The van der Waals surface area contributed by atoms with Crippen molar-refractivity contribution < 1.29 is 64.8 Å². The van der Waals surface area contributed by atoms with Crippen molar-refractivity contribution in [1.82, 2.24) is 9.80 Å². The smallest absolute Gasteiger partial charge is 0.505 e. The number of alkyl halides is 3. The van der Waals surface area contributed by atoms with Gasteiger partial charge in [0.25, 0.3) is 0 Å². The highest BCUT2D eigenvalue weighted by atomic mass is 32.2. The number of phenols is 1. The Balaban J connectivity index is 1.89. The summed E-state index contributed by atoms with van der Waals surface area (Å²) in [6.07, 6.45) is -0.781. The van der Waals surface area contributed by atoms with Crippen LogP contribution in [0.15, 0.2) is 6.07 Å². The fraction of sp³-hybridized carbons (Fsp3) is 0.538. The molecule has 19 heteroatoms. The molecule has 6 atom stereocenters. The van der Waals surface area contributed by atoms with Crippen LogP contribution in [0, 0.1) is 23.7 Å². The number of primary amides is 1. The fourth-order valence-electron chi connectivity index (χ4n) is 6.45. The molecule has 1 aromatic carbocycles. The van der Waals surface area contributed by atoms with Crippen LogP contribution >= 0.6 is 0 Å². The van der Waals surface area contributed by atoms with Crippen molar-refractivity contribution >= 4 is 50.8 Å². The number of halogens is 3. The van der Waals surface area contributed by atoms with Crippen molar-refractivity contribution in [1.29, 1.82) is 0 Å². The van der Waals surface area contributed by atoms with Crippen molar-refractivity contribution in [3.63, 3.8) is 0 Å². The molecule has 3 aliphatic rings. The number of aromatic hydroxyl groups is 1. The number of nitrogens with two attached hydrogens (primary N) is 1. The Morgan fingerprint density at radius 2 is 1.73 bits per heavy atom. The van der Waals surface area contributed by atoms with Crippen LogP contribution < -0.4 is 15.2 Å². The van der Waals surface area contributed by atoms with Crippen LogP contribution in [0.3, 0.4) is 0 Å². The van der Waals surface area contributed by atoms with E-state index in [-0.39, 0.29) is 12.0 Å². The van der Waals surface area contributed by atoms with Gasteiger partial charge < -0.3 is 30.3 Å². The molecule has 4 unspecified atom stereocenters. The summed E-state index contributed by atoms with van der Waals surface area (Å²) in [6, 6.07) is -0.711. The lowest BCUT2D eigenvalue weighted by molar-refractivity contribution is -0.181. The molecule has 4 rings (SSSR count). The van der Waals surface area contributed by atoms with E-state index in [9.17, 15) is 60.6 Å². The van der Waals surface area contributed by atoms with Gasteiger partial charge in [-0.05, 0) is 58.6 Å². The first kappa shape index (κ1) is 33.9. The number of carbonyl (C=O) groups is 6. The maximum absolute atomic E-state index is 13.9. The van der Waals surface area contributed by atoms with Gasteiger partial charge in [0.2, 0.25) is 11.8 Å². The summed E-state index contributed by atoms with van der Waals surface area (Å²) in [7, 11) is -0.708. The molecule has 1 aromatic rings. The van der Waals surface area contributed by atoms with Crippen LogP contribution in [0.25, 0.3) is 0 Å². The number of amides is 2. The number of hydrogen-bond acceptors (Lipinski definition) is 13. The normalized spacial score (nSPS) is 28.4. The Morgan fingerprint density at radius 3 is 2.24 bits per heavy atom. The van der Waals surface area contributed by atoms with Crippen molar-refractivity contribution in [3.05, 3.63) is 17.2 Å². The summed E-state index contributed by atoms with van der Waals surface area (Å²) in [6.45, 7) is -0.414. The first-order valence-electron chi connectivity index (χ1n) is 13.2. The third kappa shape index (κ3) is 5.36. The zero-order valence-corrected chi connectivity index (χ0v) is 25.0. The number of aliphatic hydroxyl groups is 1. The number of nitrogens with zero attached hydrogens (tertiary/aromatic N) is 2. The Morgan fingerprint density at radius 1 is 1.13 bits per heavy atom. The summed E-state index contributed by atoms with van der Waals surface area (Å²) in [4.78, 5) is 81.4. The van der Waals surface area contributed by atoms with Crippen LogP contribution in [0.1, 0.15) is 22.3 Å². The zero-order chi connectivity index (χ0) is 34.1. The molecule has 0 aromatic heterocycles. The predicted molar refractivity (Wildman–Crippen MR) is 144 cm³/mol. The molecule has 0 spiro atoms. The van der Waals surface area contributed by atoms with Gasteiger partial charge in [0.05, 0.1) is 24.1 Å². The molecule has 0 bridgehead atoms. The molecular formula is C26H29F3N4O11S. The average molecular weight is 663 g/mol. The first-order chi connectivity index (χ1) is 20.6. The monoisotopic (exact) mass is 662 g/mol. The topological polar surface area (TPSA) is 231 Å². The summed E-state index contributed by atoms with van der Waals surface area (Å²) < 4.78 is 67.7. The van der Waals surface area contributed by atoms with Gasteiger partial charge in [-0.1, -0.05) is 0 Å². The van der Waals surface area contributed by atoms with E-state index in [1.165, 1.54) is 38.0 Å². The number of Topliss-reactive ketones (excluding diaryl/α,β-unsaturated/α-hetero) is 4. The van der Waals surface area contributed by atoms with Crippen molar-refractivity contribution in [3.8, 4) is 11.5 Å². The minimum absolute atomic E-state index is 0.278. The Labute approximate surface area is 253 Å². The van der Waals surface area contributed by atoms with Gasteiger partial charge in [-0.2, -0.15) is 21.6 Å². The van der Waals surface area contributed by atoms with E-state index in [1.54, 1.807) is 0 Å². The highest BCUT2D eigenvalue weighted by molar-refractivity contribution is 7.88. The first-order valence-corrected chi connectivity index (χ1v) is 14.7. The second kappa shape index (κ2) is 11.1. The minimum Gasteiger partial charge on any atom is -0.505 e. The lowest BCUT2D eigenvalue weighted by Gasteiger charge is -2.52. The maximum atomic E-state index is 13.9. The minimum atomic E-state index is -6.35. The molecule has 2 fully saturated rings. The Hall–Kier alpha value is -3.94. The van der Waals surface area contributed by atoms with Crippen molar-refractivity contribution in [2.24, 2.45) is 29.4 Å². The van der Waals surface area contributed by atoms with Gasteiger partial charge >= 0.3 is 15.6 Å². The summed E-state index contributed by atoms with van der Waals surface area (Å²) >= 11 is 0. The van der Waals surface area contributed by atoms with Crippen molar-refractivity contribution in [2.45, 2.75) is 30.0 Å². The van der Waals surface area contributed by atoms with E-state index in [4.69, 9.17) is 5.73 Å². The number of anilines is 1. The Bertz CT molecular complexity index is 1640. The van der Waals surface area contributed by atoms with Crippen LogP contribution in [0.4, 0.5) is 18.9 Å². The lowest BCUT2D eigenvalue weighted by atomic mass is 9.52. The molecule has 45 heavy (non-hydrogen) atoms. The average Bonchev–Trinajstić information content (AvgIpc) is 2.86. The van der Waals surface area contributed by atoms with Gasteiger partial charge in [0.15, 0.2) is 46.2 Å². The highest BCUT2D eigenvalue weighted by Gasteiger charge is 2.69. The molecule has 15 nitrogen and oxygen atoms in total. The fourth-order valence-corrected chi connectivity index (χ4v) is 6.92. The number of likely N-dealkylation sites (N-methyl/N-ethyl adjacent to an activating group) is 2. The molecule has 0 radical (unpaired) electrons. The summed E-state index contributed by atoms with van der Waals surface area (Å²) in [5, 5.41) is 24.7. The van der Waals surface area contributed by atoms with E-state index >= 15 is 0 Å². The number of phenolic OH excluding ortho intramolecular Hbond substituents is 1. The van der Waals surface area contributed by atoms with E-state index in [1.807, 2.05) is 5.32 Å². The van der Waals surface area contributed by atoms with Gasteiger partial charge in [0.1, 0.15) is 5.69 Å². The quantitative estimate of drug-likeness (QED) is 0.114.